The van der Waals surface area contributed by atoms with Gasteiger partial charge in [0.25, 0.3) is 0 Å². The van der Waals surface area contributed by atoms with Gasteiger partial charge in [0.05, 0.1) is 18.6 Å². The summed E-state index contributed by atoms with van der Waals surface area (Å²) >= 11 is 0. The molecule has 1 aliphatic rings. The van der Waals surface area contributed by atoms with Crippen LogP contribution in [0.2, 0.25) is 0 Å². The number of rotatable bonds is 1. The summed E-state index contributed by atoms with van der Waals surface area (Å²) in [5, 5.41) is 9.43. The van der Waals surface area contributed by atoms with Gasteiger partial charge in [0.2, 0.25) is 0 Å². The van der Waals surface area contributed by atoms with Crippen LogP contribution in [0.5, 0.6) is 0 Å². The van der Waals surface area contributed by atoms with Crippen LogP contribution in [0.3, 0.4) is 0 Å². The minimum absolute atomic E-state index is 0.165. The highest BCUT2D eigenvalue weighted by atomic mass is 16.6. The van der Waals surface area contributed by atoms with Gasteiger partial charge in [-0.1, -0.05) is 0 Å². The van der Waals surface area contributed by atoms with Crippen LogP contribution in [0, 0.1) is 5.92 Å². The van der Waals surface area contributed by atoms with Gasteiger partial charge in [-0.05, 0) is 20.8 Å². The Bertz CT molecular complexity index is 259. The van der Waals surface area contributed by atoms with E-state index in [4.69, 9.17) is 4.74 Å². The molecule has 0 aromatic rings. The first kappa shape index (κ1) is 12.0. The molecule has 5 nitrogen and oxygen atoms in total. The van der Waals surface area contributed by atoms with Crippen molar-refractivity contribution >= 4 is 12.4 Å². The maximum absolute atomic E-state index is 11.5. The van der Waals surface area contributed by atoms with Crippen molar-refractivity contribution in [1.29, 1.82) is 0 Å². The van der Waals surface area contributed by atoms with E-state index in [-0.39, 0.29) is 13.1 Å². The lowest BCUT2D eigenvalue weighted by Gasteiger charge is -2.24. The number of likely N-dealkylation sites (tertiary alicyclic amines) is 1. The van der Waals surface area contributed by atoms with Gasteiger partial charge in [0.1, 0.15) is 11.9 Å². The number of aliphatic hydroxyl groups is 1. The number of aldehydes is 1. The summed E-state index contributed by atoms with van der Waals surface area (Å²) in [5.41, 5.74) is -0.554. The molecule has 1 saturated heterocycles. The Balaban J connectivity index is 2.53. The zero-order valence-corrected chi connectivity index (χ0v) is 9.27. The zero-order chi connectivity index (χ0) is 11.6. The molecule has 15 heavy (non-hydrogen) atoms. The third-order valence-corrected chi connectivity index (χ3v) is 2.16. The summed E-state index contributed by atoms with van der Waals surface area (Å²) in [5.74, 6) is -0.488. The van der Waals surface area contributed by atoms with E-state index in [9.17, 15) is 14.7 Å². The molecular formula is C10H17NO4. The van der Waals surface area contributed by atoms with Crippen molar-refractivity contribution in [3.05, 3.63) is 0 Å². The van der Waals surface area contributed by atoms with Gasteiger partial charge < -0.3 is 19.5 Å². The number of ether oxygens (including phenoxy) is 1. The van der Waals surface area contributed by atoms with Crippen LogP contribution < -0.4 is 0 Å². The molecule has 1 N–H and O–H groups in total. The first-order valence-electron chi connectivity index (χ1n) is 4.95. The monoisotopic (exact) mass is 215 g/mol. The zero-order valence-electron chi connectivity index (χ0n) is 9.27. The Kier molecular flexibility index (Phi) is 3.34. The number of nitrogens with zero attached hydrogens (tertiary/aromatic N) is 1. The van der Waals surface area contributed by atoms with E-state index in [2.05, 4.69) is 0 Å². The van der Waals surface area contributed by atoms with Crippen LogP contribution >= 0.6 is 0 Å². The summed E-state index contributed by atoms with van der Waals surface area (Å²) in [4.78, 5) is 23.4. The number of aliphatic hydroxyl groups excluding tert-OH is 1. The first-order valence-corrected chi connectivity index (χ1v) is 4.95. The van der Waals surface area contributed by atoms with Crippen molar-refractivity contribution in [3.8, 4) is 0 Å². The molecule has 5 heteroatoms. The highest BCUT2D eigenvalue weighted by Crippen LogP contribution is 2.18. The Hall–Kier alpha value is -1.10. The largest absolute Gasteiger partial charge is 0.444 e. The van der Waals surface area contributed by atoms with E-state index < -0.39 is 23.7 Å². The van der Waals surface area contributed by atoms with E-state index in [1.807, 2.05) is 0 Å². The van der Waals surface area contributed by atoms with E-state index in [1.54, 1.807) is 20.8 Å². The molecule has 0 aromatic carbocycles. The number of hydrogen-bond acceptors (Lipinski definition) is 4. The van der Waals surface area contributed by atoms with Crippen molar-refractivity contribution in [1.82, 2.24) is 4.90 Å². The van der Waals surface area contributed by atoms with E-state index in [0.29, 0.717) is 6.29 Å². The van der Waals surface area contributed by atoms with Gasteiger partial charge in [-0.25, -0.2) is 4.79 Å². The minimum atomic E-state index is -0.769. The fraction of sp³-hybridized carbons (Fsp3) is 0.800. The Morgan fingerprint density at radius 2 is 2.07 bits per heavy atom. The lowest BCUT2D eigenvalue weighted by atomic mass is 10.1. The lowest BCUT2D eigenvalue weighted by Crippen LogP contribution is -2.35. The molecule has 0 radical (unpaired) electrons. The summed E-state index contributed by atoms with van der Waals surface area (Å²) in [6, 6.07) is 0. The summed E-state index contributed by atoms with van der Waals surface area (Å²) in [6.07, 6.45) is -0.574. The van der Waals surface area contributed by atoms with Crippen molar-refractivity contribution in [3.63, 3.8) is 0 Å². The molecule has 0 spiro atoms. The fourth-order valence-corrected chi connectivity index (χ4v) is 1.42. The molecule has 0 saturated carbocycles. The quantitative estimate of drug-likeness (QED) is 0.643. The van der Waals surface area contributed by atoms with E-state index >= 15 is 0 Å². The van der Waals surface area contributed by atoms with Crippen molar-refractivity contribution < 1.29 is 19.4 Å². The lowest BCUT2D eigenvalue weighted by molar-refractivity contribution is -0.112. The molecule has 1 aliphatic heterocycles. The van der Waals surface area contributed by atoms with Crippen LogP contribution in [0.4, 0.5) is 4.79 Å². The molecule has 1 heterocycles. The van der Waals surface area contributed by atoms with E-state index in [1.165, 1.54) is 4.90 Å². The van der Waals surface area contributed by atoms with Crippen LogP contribution in [0.15, 0.2) is 0 Å². The van der Waals surface area contributed by atoms with Gasteiger partial charge in [-0.2, -0.15) is 0 Å². The maximum Gasteiger partial charge on any atom is 0.410 e. The van der Waals surface area contributed by atoms with E-state index in [0.717, 1.165) is 0 Å². The van der Waals surface area contributed by atoms with Crippen LogP contribution in [0.25, 0.3) is 0 Å². The average molecular weight is 215 g/mol. The smallest absolute Gasteiger partial charge is 0.410 e. The predicted molar refractivity (Wildman–Crippen MR) is 53.4 cm³/mol. The molecule has 0 aliphatic carbocycles. The summed E-state index contributed by atoms with van der Waals surface area (Å²) in [6.45, 7) is 5.72. The molecule has 0 aromatic heterocycles. The average Bonchev–Trinajstić information content (AvgIpc) is 2.43. The van der Waals surface area contributed by atoms with Gasteiger partial charge in [-0.3, -0.25) is 0 Å². The number of carbonyl (C=O) groups is 2. The van der Waals surface area contributed by atoms with Gasteiger partial charge >= 0.3 is 6.09 Å². The maximum atomic E-state index is 11.5. The number of hydrogen-bond donors (Lipinski definition) is 1. The second kappa shape index (κ2) is 4.18. The van der Waals surface area contributed by atoms with Crippen molar-refractivity contribution in [2.75, 3.05) is 13.1 Å². The summed E-state index contributed by atoms with van der Waals surface area (Å²) in [7, 11) is 0. The fourth-order valence-electron chi connectivity index (χ4n) is 1.42. The third kappa shape index (κ3) is 3.20. The molecule has 1 amide bonds. The standard InChI is InChI=1S/C10H17NO4/c1-10(2,3)15-9(14)11-4-7(6-12)8(13)5-11/h6-8,13H,4-5H2,1-3H3/t7-,8?/m0/s1. The van der Waals surface area contributed by atoms with Crippen molar-refractivity contribution in [2.24, 2.45) is 5.92 Å². The van der Waals surface area contributed by atoms with Crippen LogP contribution in [-0.4, -0.2) is 47.2 Å². The van der Waals surface area contributed by atoms with Crippen LogP contribution in [-0.2, 0) is 9.53 Å². The second-order valence-corrected chi connectivity index (χ2v) is 4.75. The van der Waals surface area contributed by atoms with Gasteiger partial charge in [0.15, 0.2) is 0 Å². The van der Waals surface area contributed by atoms with Crippen LogP contribution in [0.1, 0.15) is 20.8 Å². The number of β-amino-alcohol motifs (C(OH)–C–C–N with tert-alkyl or cyclic N) is 1. The molecule has 1 rings (SSSR count). The molecule has 86 valence electrons. The molecular weight excluding hydrogens is 198 g/mol. The summed E-state index contributed by atoms with van der Waals surface area (Å²) < 4.78 is 5.12. The Labute approximate surface area is 89.0 Å². The highest BCUT2D eigenvalue weighted by molar-refractivity contribution is 5.70. The molecule has 0 bridgehead atoms. The first-order chi connectivity index (χ1) is 6.83. The molecule has 1 fully saturated rings. The molecule has 2 atom stereocenters. The number of amides is 1. The SMILES string of the molecule is CC(C)(C)OC(=O)N1CC(O)[C@H](C=O)C1. The predicted octanol–water partition coefficient (Wildman–Crippen LogP) is 0.413. The molecule has 1 unspecified atom stereocenters. The highest BCUT2D eigenvalue weighted by Gasteiger charge is 2.35. The van der Waals surface area contributed by atoms with Gasteiger partial charge in [-0.15, -0.1) is 0 Å². The third-order valence-electron chi connectivity index (χ3n) is 2.16. The Morgan fingerprint density at radius 1 is 1.47 bits per heavy atom. The minimum Gasteiger partial charge on any atom is -0.444 e. The van der Waals surface area contributed by atoms with Crippen molar-refractivity contribution in [2.45, 2.75) is 32.5 Å². The van der Waals surface area contributed by atoms with Gasteiger partial charge in [0, 0.05) is 6.54 Å². The Morgan fingerprint density at radius 3 is 2.47 bits per heavy atom. The number of carbonyl (C=O) groups excluding carboxylic acids is 2. The normalized spacial score (nSPS) is 26.5. The second-order valence-electron chi connectivity index (χ2n) is 4.75. The topological polar surface area (TPSA) is 66.8 Å².